The Morgan fingerprint density at radius 2 is 1.47 bits per heavy atom. The summed E-state index contributed by atoms with van der Waals surface area (Å²) in [5, 5.41) is 0.783. The smallest absolute Gasteiger partial charge is 0.0485 e. The first-order chi connectivity index (χ1) is 9.09. The number of para-hydroxylation sites is 1. The van der Waals surface area contributed by atoms with Gasteiger partial charge in [0.05, 0.1) is 0 Å². The van der Waals surface area contributed by atoms with Gasteiger partial charge in [-0.2, -0.15) is 0 Å². The minimum absolute atomic E-state index is 0.783. The van der Waals surface area contributed by atoms with Crippen LogP contribution in [0.1, 0.15) is 25.0 Å². The molecule has 0 fully saturated rings. The zero-order chi connectivity index (χ0) is 13.6. The molecular formula is C17H16ClN. The van der Waals surface area contributed by atoms with Crippen LogP contribution in [0.2, 0.25) is 5.02 Å². The van der Waals surface area contributed by atoms with Crippen molar-refractivity contribution in [2.24, 2.45) is 0 Å². The predicted octanol–water partition coefficient (Wildman–Crippen LogP) is 5.37. The van der Waals surface area contributed by atoms with E-state index in [-0.39, 0.29) is 0 Å². The molecular weight excluding hydrogens is 254 g/mol. The second-order valence-electron chi connectivity index (χ2n) is 4.99. The fourth-order valence-corrected chi connectivity index (χ4v) is 2.89. The molecule has 0 saturated carbocycles. The van der Waals surface area contributed by atoms with Crippen molar-refractivity contribution in [3.05, 3.63) is 58.6 Å². The van der Waals surface area contributed by atoms with Gasteiger partial charge in [-0.05, 0) is 49.3 Å². The van der Waals surface area contributed by atoms with Gasteiger partial charge in [-0.3, -0.25) is 0 Å². The van der Waals surface area contributed by atoms with Gasteiger partial charge in [0.2, 0.25) is 0 Å². The molecule has 0 spiro atoms. The number of rotatable bonds is 0. The predicted molar refractivity (Wildman–Crippen MR) is 84.1 cm³/mol. The van der Waals surface area contributed by atoms with Gasteiger partial charge in [-0.15, -0.1) is 0 Å². The van der Waals surface area contributed by atoms with Crippen LogP contribution in [-0.4, -0.2) is 7.05 Å². The minimum Gasteiger partial charge on any atom is -0.344 e. The van der Waals surface area contributed by atoms with E-state index in [1.165, 1.54) is 33.6 Å². The molecule has 0 amide bonds. The molecule has 19 heavy (non-hydrogen) atoms. The molecule has 2 aromatic carbocycles. The Labute approximate surface area is 119 Å². The summed E-state index contributed by atoms with van der Waals surface area (Å²) in [4.78, 5) is 2.24. The quantitative estimate of drug-likeness (QED) is 0.621. The topological polar surface area (TPSA) is 3.24 Å². The van der Waals surface area contributed by atoms with E-state index in [1.807, 2.05) is 6.07 Å². The van der Waals surface area contributed by atoms with Crippen LogP contribution < -0.4 is 4.90 Å². The molecule has 0 bridgehead atoms. The standard InChI is InChI=1S/C17H16ClN/c1-11-12(2)15-10-13(18)8-9-17(15)19(3)16-7-5-4-6-14(11)16/h4-10H,1-3H3. The summed E-state index contributed by atoms with van der Waals surface area (Å²) in [6.07, 6.45) is 0. The Bertz CT molecular complexity index is 685. The molecule has 0 saturated heterocycles. The first-order valence-corrected chi connectivity index (χ1v) is 6.78. The molecule has 0 aliphatic carbocycles. The molecule has 2 aromatic rings. The Balaban J connectivity index is 2.38. The van der Waals surface area contributed by atoms with Gasteiger partial charge in [0.15, 0.2) is 0 Å². The van der Waals surface area contributed by atoms with E-state index >= 15 is 0 Å². The third-order valence-corrected chi connectivity index (χ3v) is 4.19. The van der Waals surface area contributed by atoms with Crippen LogP contribution >= 0.6 is 11.6 Å². The average Bonchev–Trinajstić information content (AvgIpc) is 2.51. The maximum Gasteiger partial charge on any atom is 0.0485 e. The largest absolute Gasteiger partial charge is 0.344 e. The summed E-state index contributed by atoms with van der Waals surface area (Å²) in [6, 6.07) is 14.6. The molecule has 0 unspecified atom stereocenters. The lowest BCUT2D eigenvalue weighted by Crippen LogP contribution is -2.11. The minimum atomic E-state index is 0.783. The second kappa shape index (κ2) is 4.43. The highest BCUT2D eigenvalue weighted by atomic mass is 35.5. The van der Waals surface area contributed by atoms with E-state index in [1.54, 1.807) is 0 Å². The molecule has 0 atom stereocenters. The van der Waals surface area contributed by atoms with Crippen LogP contribution in [0.25, 0.3) is 11.1 Å². The SMILES string of the molecule is CC1=C(C)c2cc(Cl)ccc2N(C)c2ccccc21. The third kappa shape index (κ3) is 1.85. The molecule has 2 heteroatoms. The van der Waals surface area contributed by atoms with Crippen molar-refractivity contribution in [1.29, 1.82) is 0 Å². The van der Waals surface area contributed by atoms with Gasteiger partial charge >= 0.3 is 0 Å². The molecule has 0 N–H and O–H groups in total. The number of nitrogens with zero attached hydrogens (tertiary/aromatic N) is 1. The van der Waals surface area contributed by atoms with E-state index in [9.17, 15) is 0 Å². The normalized spacial score (nSPS) is 14.0. The van der Waals surface area contributed by atoms with Crippen molar-refractivity contribution >= 4 is 34.1 Å². The van der Waals surface area contributed by atoms with Crippen LogP contribution in [0.3, 0.4) is 0 Å². The zero-order valence-electron chi connectivity index (χ0n) is 11.4. The second-order valence-corrected chi connectivity index (χ2v) is 5.42. The number of hydrogen-bond donors (Lipinski definition) is 0. The number of allylic oxidation sites excluding steroid dienone is 2. The first kappa shape index (κ1) is 12.3. The molecule has 1 nitrogen and oxygen atoms in total. The Hall–Kier alpha value is -1.73. The van der Waals surface area contributed by atoms with Crippen molar-refractivity contribution < 1.29 is 0 Å². The number of fused-ring (bicyclic) bond motifs is 2. The first-order valence-electron chi connectivity index (χ1n) is 6.40. The van der Waals surface area contributed by atoms with E-state index in [2.05, 4.69) is 62.2 Å². The Morgan fingerprint density at radius 3 is 2.26 bits per heavy atom. The molecule has 0 aromatic heterocycles. The number of benzene rings is 2. The lowest BCUT2D eigenvalue weighted by Gasteiger charge is -2.22. The van der Waals surface area contributed by atoms with Gasteiger partial charge in [-0.1, -0.05) is 29.8 Å². The van der Waals surface area contributed by atoms with Crippen LogP contribution in [0.4, 0.5) is 11.4 Å². The summed E-state index contributed by atoms with van der Waals surface area (Å²) in [5.41, 5.74) is 7.53. The van der Waals surface area contributed by atoms with Crippen LogP contribution in [0.5, 0.6) is 0 Å². The highest BCUT2D eigenvalue weighted by Crippen LogP contribution is 2.42. The summed E-state index contributed by atoms with van der Waals surface area (Å²) < 4.78 is 0. The highest BCUT2D eigenvalue weighted by Gasteiger charge is 2.20. The van der Waals surface area contributed by atoms with Gasteiger partial charge in [0.1, 0.15) is 0 Å². The number of anilines is 2. The Kier molecular flexibility index (Phi) is 2.87. The lowest BCUT2D eigenvalue weighted by atomic mass is 9.97. The van der Waals surface area contributed by atoms with Crippen molar-refractivity contribution in [2.45, 2.75) is 13.8 Å². The summed E-state index contributed by atoms with van der Waals surface area (Å²) in [6.45, 7) is 4.35. The van der Waals surface area contributed by atoms with Crippen molar-refractivity contribution in [1.82, 2.24) is 0 Å². The highest BCUT2D eigenvalue weighted by molar-refractivity contribution is 6.31. The van der Waals surface area contributed by atoms with Gasteiger partial charge in [0.25, 0.3) is 0 Å². The summed E-state index contributed by atoms with van der Waals surface area (Å²) >= 11 is 6.16. The summed E-state index contributed by atoms with van der Waals surface area (Å²) in [5.74, 6) is 0. The monoisotopic (exact) mass is 269 g/mol. The van der Waals surface area contributed by atoms with E-state index in [4.69, 9.17) is 11.6 Å². The maximum absolute atomic E-state index is 6.16. The molecule has 0 radical (unpaired) electrons. The summed E-state index contributed by atoms with van der Waals surface area (Å²) in [7, 11) is 2.11. The van der Waals surface area contributed by atoms with Crippen LogP contribution in [-0.2, 0) is 0 Å². The lowest BCUT2D eigenvalue weighted by molar-refractivity contribution is 1.20. The molecule has 1 aliphatic rings. The zero-order valence-corrected chi connectivity index (χ0v) is 12.1. The van der Waals surface area contributed by atoms with E-state index in [0.717, 1.165) is 5.02 Å². The van der Waals surface area contributed by atoms with Crippen molar-refractivity contribution in [2.75, 3.05) is 11.9 Å². The molecule has 1 heterocycles. The van der Waals surface area contributed by atoms with Gasteiger partial charge in [0, 0.05) is 34.6 Å². The van der Waals surface area contributed by atoms with Crippen LogP contribution in [0, 0.1) is 0 Å². The molecule has 3 rings (SSSR count). The van der Waals surface area contributed by atoms with Gasteiger partial charge < -0.3 is 4.90 Å². The molecule has 1 aliphatic heterocycles. The number of halogens is 1. The Morgan fingerprint density at radius 1 is 0.842 bits per heavy atom. The molecule has 96 valence electrons. The maximum atomic E-state index is 6.16. The van der Waals surface area contributed by atoms with Crippen molar-refractivity contribution in [3.8, 4) is 0 Å². The fraction of sp³-hybridized carbons (Fsp3) is 0.176. The van der Waals surface area contributed by atoms with Gasteiger partial charge in [-0.25, -0.2) is 0 Å². The average molecular weight is 270 g/mol. The third-order valence-electron chi connectivity index (χ3n) is 3.96. The van der Waals surface area contributed by atoms with Crippen molar-refractivity contribution in [3.63, 3.8) is 0 Å². The van der Waals surface area contributed by atoms with E-state index < -0.39 is 0 Å². The number of hydrogen-bond acceptors (Lipinski definition) is 1. The fourth-order valence-electron chi connectivity index (χ4n) is 2.72. The van der Waals surface area contributed by atoms with E-state index in [0.29, 0.717) is 0 Å². The van der Waals surface area contributed by atoms with Crippen LogP contribution in [0.15, 0.2) is 42.5 Å².